The zero-order valence-corrected chi connectivity index (χ0v) is 16.7. The number of cyclic esters (lactones) is 1. The highest BCUT2D eigenvalue weighted by molar-refractivity contribution is 5.71. The maximum Gasteiger partial charge on any atom is 0.410 e. The van der Waals surface area contributed by atoms with Crippen LogP contribution in [0, 0.1) is 5.92 Å². The van der Waals surface area contributed by atoms with Crippen molar-refractivity contribution in [2.45, 2.75) is 25.3 Å². The van der Waals surface area contributed by atoms with Gasteiger partial charge in [0.25, 0.3) is 0 Å². The summed E-state index contributed by atoms with van der Waals surface area (Å²) in [7, 11) is 1.38. The Balaban J connectivity index is 1.71. The van der Waals surface area contributed by atoms with Gasteiger partial charge in [-0.25, -0.2) is 4.79 Å². The van der Waals surface area contributed by atoms with Gasteiger partial charge in [0.1, 0.15) is 6.61 Å². The van der Waals surface area contributed by atoms with Crippen LogP contribution in [-0.4, -0.2) is 43.3 Å². The lowest BCUT2D eigenvalue weighted by atomic mass is 9.96. The number of carbonyl (C=O) groups is 2. The Morgan fingerprint density at radius 1 is 1.14 bits per heavy atom. The van der Waals surface area contributed by atoms with E-state index in [2.05, 4.69) is 24.3 Å². The topological polar surface area (TPSA) is 55.8 Å². The molecule has 0 aliphatic carbocycles. The smallest absolute Gasteiger partial charge is 0.410 e. The zero-order chi connectivity index (χ0) is 20.5. The van der Waals surface area contributed by atoms with Crippen molar-refractivity contribution in [3.8, 4) is 0 Å². The molecule has 0 bridgehead atoms. The number of hydrogen-bond acceptors (Lipinski definition) is 4. The van der Waals surface area contributed by atoms with Crippen LogP contribution in [0.3, 0.4) is 0 Å². The van der Waals surface area contributed by atoms with Crippen molar-refractivity contribution >= 4 is 12.1 Å². The van der Waals surface area contributed by atoms with Crippen LogP contribution in [0.1, 0.15) is 17.5 Å². The highest BCUT2D eigenvalue weighted by Gasteiger charge is 2.34. The fourth-order valence-electron chi connectivity index (χ4n) is 3.57. The number of hydrogen-bond donors (Lipinski definition) is 0. The molecule has 0 spiro atoms. The minimum absolute atomic E-state index is 0.0113. The van der Waals surface area contributed by atoms with Crippen LogP contribution in [0.25, 0.3) is 0 Å². The second kappa shape index (κ2) is 10.5. The fourth-order valence-corrected chi connectivity index (χ4v) is 3.57. The lowest BCUT2D eigenvalue weighted by Gasteiger charge is -2.25. The van der Waals surface area contributed by atoms with Crippen molar-refractivity contribution in [1.29, 1.82) is 0 Å². The first-order chi connectivity index (χ1) is 14.2. The Bertz CT molecular complexity index is 819. The summed E-state index contributed by atoms with van der Waals surface area (Å²) < 4.78 is 10.1. The van der Waals surface area contributed by atoms with Crippen LogP contribution in [0.4, 0.5) is 4.79 Å². The van der Waals surface area contributed by atoms with E-state index in [1.807, 2.05) is 53.5 Å². The predicted octanol–water partition coefficient (Wildman–Crippen LogP) is 4.03. The first-order valence-corrected chi connectivity index (χ1v) is 9.90. The first kappa shape index (κ1) is 20.6. The van der Waals surface area contributed by atoms with E-state index in [1.165, 1.54) is 18.2 Å². The third-order valence-electron chi connectivity index (χ3n) is 5.08. The molecule has 2 aromatic carbocycles. The van der Waals surface area contributed by atoms with Gasteiger partial charge in [0.2, 0.25) is 0 Å². The summed E-state index contributed by atoms with van der Waals surface area (Å²) in [5.74, 6) is -0.201. The molecule has 2 atom stereocenters. The monoisotopic (exact) mass is 393 g/mol. The Labute approximate surface area is 171 Å². The van der Waals surface area contributed by atoms with Gasteiger partial charge >= 0.3 is 12.1 Å². The average molecular weight is 393 g/mol. The quantitative estimate of drug-likeness (QED) is 0.477. The van der Waals surface area contributed by atoms with Crippen LogP contribution in [0.15, 0.2) is 72.8 Å². The number of ether oxygens (including phenoxy) is 2. The van der Waals surface area contributed by atoms with Gasteiger partial charge in [-0.15, -0.1) is 0 Å². The van der Waals surface area contributed by atoms with Gasteiger partial charge in [-0.1, -0.05) is 72.8 Å². The Morgan fingerprint density at radius 3 is 2.45 bits per heavy atom. The number of methoxy groups -OCH3 is 1. The normalized spacial score (nSPS) is 17.3. The van der Waals surface area contributed by atoms with Crippen LogP contribution in [0.2, 0.25) is 0 Å². The van der Waals surface area contributed by atoms with Crippen molar-refractivity contribution in [3.63, 3.8) is 0 Å². The minimum atomic E-state index is -0.276. The molecule has 0 radical (unpaired) electrons. The summed E-state index contributed by atoms with van der Waals surface area (Å²) in [5.41, 5.74) is 2.37. The number of amides is 1. The molecule has 152 valence electrons. The lowest BCUT2D eigenvalue weighted by Crippen LogP contribution is -2.38. The van der Waals surface area contributed by atoms with Gasteiger partial charge in [0.05, 0.1) is 19.6 Å². The standard InChI is InChI=1S/C24H27NO4/c1-28-23(26)14-8-13-21(15-19-9-4-2-5-10-19)17-25-22(18-29-24(25)27)16-20-11-6-3-7-12-20/h2-13,21-22H,14-18H2,1H3/b13-8+/t21-,22+/m1/s1. The van der Waals surface area contributed by atoms with Crippen LogP contribution in [0.5, 0.6) is 0 Å². The third kappa shape index (κ3) is 6.21. The molecule has 1 aliphatic heterocycles. The van der Waals surface area contributed by atoms with Gasteiger partial charge in [-0.2, -0.15) is 0 Å². The van der Waals surface area contributed by atoms with E-state index < -0.39 is 0 Å². The molecule has 3 rings (SSSR count). The molecule has 1 aliphatic rings. The molecular formula is C24H27NO4. The van der Waals surface area contributed by atoms with Crippen molar-refractivity contribution in [3.05, 3.63) is 83.9 Å². The van der Waals surface area contributed by atoms with Crippen LogP contribution >= 0.6 is 0 Å². The Morgan fingerprint density at radius 2 is 1.79 bits per heavy atom. The molecule has 0 aromatic heterocycles. The molecule has 2 aromatic rings. The Kier molecular flexibility index (Phi) is 7.45. The zero-order valence-electron chi connectivity index (χ0n) is 16.7. The molecule has 0 N–H and O–H groups in total. The van der Waals surface area contributed by atoms with Gasteiger partial charge in [0.15, 0.2) is 0 Å². The maximum atomic E-state index is 12.4. The van der Waals surface area contributed by atoms with E-state index in [1.54, 1.807) is 0 Å². The van der Waals surface area contributed by atoms with Gasteiger partial charge in [-0.05, 0) is 29.9 Å². The summed E-state index contributed by atoms with van der Waals surface area (Å²) >= 11 is 0. The van der Waals surface area contributed by atoms with E-state index in [-0.39, 0.29) is 30.4 Å². The van der Waals surface area contributed by atoms with Gasteiger partial charge in [-0.3, -0.25) is 4.79 Å². The Hall–Kier alpha value is -3.08. The molecule has 1 amide bonds. The number of rotatable bonds is 9. The minimum Gasteiger partial charge on any atom is -0.469 e. The number of nitrogens with zero attached hydrogens (tertiary/aromatic N) is 1. The molecule has 1 saturated heterocycles. The SMILES string of the molecule is COC(=O)C/C=C/[C@H](Cc1ccccc1)CN1C(=O)OC[C@@H]1Cc1ccccc1. The van der Waals surface area contributed by atoms with Gasteiger partial charge in [0, 0.05) is 6.54 Å². The molecule has 1 heterocycles. The summed E-state index contributed by atoms with van der Waals surface area (Å²) in [5, 5.41) is 0. The molecular weight excluding hydrogens is 366 g/mol. The van der Waals surface area contributed by atoms with E-state index in [4.69, 9.17) is 9.47 Å². The van der Waals surface area contributed by atoms with Gasteiger partial charge < -0.3 is 14.4 Å². The largest absolute Gasteiger partial charge is 0.469 e. The first-order valence-electron chi connectivity index (χ1n) is 9.90. The summed E-state index contributed by atoms with van der Waals surface area (Å²) in [6.45, 7) is 0.945. The van der Waals surface area contributed by atoms with Crippen LogP contribution in [-0.2, 0) is 27.1 Å². The molecule has 29 heavy (non-hydrogen) atoms. The highest BCUT2D eigenvalue weighted by Crippen LogP contribution is 2.21. The molecule has 1 fully saturated rings. The maximum absolute atomic E-state index is 12.4. The lowest BCUT2D eigenvalue weighted by molar-refractivity contribution is -0.139. The second-order valence-corrected chi connectivity index (χ2v) is 7.23. The molecule has 0 unspecified atom stereocenters. The number of esters is 1. The second-order valence-electron chi connectivity index (χ2n) is 7.23. The van der Waals surface area contributed by atoms with E-state index in [9.17, 15) is 9.59 Å². The van der Waals surface area contributed by atoms with Crippen molar-refractivity contribution in [2.24, 2.45) is 5.92 Å². The summed E-state index contributed by atoms with van der Waals surface area (Å²) in [6.07, 6.45) is 5.32. The van der Waals surface area contributed by atoms with E-state index >= 15 is 0 Å². The number of benzene rings is 2. The summed E-state index contributed by atoms with van der Waals surface area (Å²) in [6, 6.07) is 20.3. The molecule has 5 heteroatoms. The predicted molar refractivity (Wildman–Crippen MR) is 111 cm³/mol. The van der Waals surface area contributed by atoms with Crippen molar-refractivity contribution < 1.29 is 19.1 Å². The molecule has 0 saturated carbocycles. The number of carbonyl (C=O) groups excluding carboxylic acids is 2. The van der Waals surface area contributed by atoms with Crippen LogP contribution < -0.4 is 0 Å². The van der Waals surface area contributed by atoms with Crippen molar-refractivity contribution in [1.82, 2.24) is 4.90 Å². The average Bonchev–Trinajstić information content (AvgIpc) is 3.08. The van der Waals surface area contributed by atoms with E-state index in [0.29, 0.717) is 13.2 Å². The third-order valence-corrected chi connectivity index (χ3v) is 5.08. The van der Waals surface area contributed by atoms with E-state index in [0.717, 1.165) is 12.8 Å². The van der Waals surface area contributed by atoms with Crippen molar-refractivity contribution in [2.75, 3.05) is 20.3 Å². The fraction of sp³-hybridized carbons (Fsp3) is 0.333. The molecule has 5 nitrogen and oxygen atoms in total. The highest BCUT2D eigenvalue weighted by atomic mass is 16.6. The summed E-state index contributed by atoms with van der Waals surface area (Å²) in [4.78, 5) is 25.7.